The lowest BCUT2D eigenvalue weighted by Crippen LogP contribution is -2.21. The van der Waals surface area contributed by atoms with E-state index in [-0.39, 0.29) is 27.2 Å². The van der Waals surface area contributed by atoms with E-state index in [4.69, 9.17) is 39.5 Å². The molecule has 0 radical (unpaired) electrons. The molecule has 0 atom stereocenters. The molecule has 0 heterocycles. The predicted molar refractivity (Wildman–Crippen MR) is 98.1 cm³/mol. The average molecular weight is 422 g/mol. The number of ether oxygens (including phenoxy) is 1. The number of hydrogen-bond acceptors (Lipinski definition) is 4. The molecule has 0 aromatic heterocycles. The molecule has 0 aliphatic rings. The highest BCUT2D eigenvalue weighted by molar-refractivity contribution is 6.42. The molecule has 2 aromatic rings. The van der Waals surface area contributed by atoms with E-state index < -0.39 is 23.3 Å². The van der Waals surface area contributed by atoms with Crippen molar-refractivity contribution in [3.63, 3.8) is 0 Å². The number of nitro groups is 1. The summed E-state index contributed by atoms with van der Waals surface area (Å²) in [5.74, 6) is -1.50. The van der Waals surface area contributed by atoms with Crippen molar-refractivity contribution in [3.8, 4) is 5.75 Å². The first-order valence-electron chi connectivity index (χ1n) is 7.13. The SMILES string of the molecule is Cc1c(Cl)c(C)c(Cl)c(OCC(=O)Nc2cc([N+](=O)[O-])ccc2F)c1Cl. The number of nitrogens with one attached hydrogen (secondary N) is 1. The van der Waals surface area contributed by atoms with Crippen molar-refractivity contribution < 1.29 is 18.8 Å². The molecule has 10 heteroatoms. The smallest absolute Gasteiger partial charge is 0.271 e. The molecule has 6 nitrogen and oxygen atoms in total. The van der Waals surface area contributed by atoms with Gasteiger partial charge in [0.15, 0.2) is 12.4 Å². The first-order chi connectivity index (χ1) is 12.1. The minimum absolute atomic E-state index is 0.0717. The van der Waals surface area contributed by atoms with Crippen molar-refractivity contribution in [2.45, 2.75) is 13.8 Å². The van der Waals surface area contributed by atoms with Crippen LogP contribution in [0.4, 0.5) is 15.8 Å². The van der Waals surface area contributed by atoms with Crippen LogP contribution in [0.2, 0.25) is 15.1 Å². The molecule has 138 valence electrons. The number of amides is 1. The Hall–Kier alpha value is -2.09. The number of benzene rings is 2. The Labute approximate surface area is 163 Å². The average Bonchev–Trinajstić information content (AvgIpc) is 2.60. The number of anilines is 1. The lowest BCUT2D eigenvalue weighted by Gasteiger charge is -2.15. The molecule has 0 aliphatic carbocycles. The number of nitro benzene ring substituents is 1. The summed E-state index contributed by atoms with van der Waals surface area (Å²) in [6.45, 7) is 2.79. The second-order valence-corrected chi connectivity index (χ2v) is 6.41. The summed E-state index contributed by atoms with van der Waals surface area (Å²) in [4.78, 5) is 22.0. The second kappa shape index (κ2) is 8.07. The topological polar surface area (TPSA) is 81.5 Å². The van der Waals surface area contributed by atoms with Crippen molar-refractivity contribution in [1.29, 1.82) is 0 Å². The van der Waals surface area contributed by atoms with E-state index in [1.165, 1.54) is 0 Å². The number of non-ortho nitro benzene ring substituents is 1. The number of rotatable bonds is 5. The fourth-order valence-electron chi connectivity index (χ4n) is 2.08. The second-order valence-electron chi connectivity index (χ2n) is 5.28. The minimum atomic E-state index is -0.821. The van der Waals surface area contributed by atoms with Crippen molar-refractivity contribution in [1.82, 2.24) is 0 Å². The largest absolute Gasteiger partial charge is 0.481 e. The zero-order valence-electron chi connectivity index (χ0n) is 13.5. The van der Waals surface area contributed by atoms with Gasteiger partial charge in [-0.05, 0) is 31.0 Å². The fraction of sp³-hybridized carbons (Fsp3) is 0.188. The van der Waals surface area contributed by atoms with Gasteiger partial charge in [-0.1, -0.05) is 34.8 Å². The van der Waals surface area contributed by atoms with E-state index in [1.807, 2.05) is 0 Å². The van der Waals surface area contributed by atoms with Crippen LogP contribution in [-0.4, -0.2) is 17.4 Å². The van der Waals surface area contributed by atoms with E-state index in [2.05, 4.69) is 5.32 Å². The molecular formula is C16H12Cl3FN2O4. The quantitative estimate of drug-likeness (QED) is 0.523. The van der Waals surface area contributed by atoms with Gasteiger partial charge < -0.3 is 10.1 Å². The Kier molecular flexibility index (Phi) is 6.28. The normalized spacial score (nSPS) is 10.5. The molecule has 0 spiro atoms. The van der Waals surface area contributed by atoms with Crippen LogP contribution >= 0.6 is 34.8 Å². The molecule has 1 amide bonds. The maximum atomic E-state index is 13.7. The molecule has 0 saturated carbocycles. The lowest BCUT2D eigenvalue weighted by atomic mass is 10.1. The summed E-state index contributed by atoms with van der Waals surface area (Å²) in [6, 6.07) is 2.78. The van der Waals surface area contributed by atoms with Gasteiger partial charge in [0, 0.05) is 17.2 Å². The van der Waals surface area contributed by atoms with Crippen molar-refractivity contribution in [2.24, 2.45) is 0 Å². The molecule has 2 rings (SSSR count). The van der Waals surface area contributed by atoms with Gasteiger partial charge in [0.2, 0.25) is 0 Å². The number of hydrogen-bond donors (Lipinski definition) is 1. The Bertz CT molecular complexity index is 877. The lowest BCUT2D eigenvalue weighted by molar-refractivity contribution is -0.384. The van der Waals surface area contributed by atoms with Crippen LogP contribution in [0, 0.1) is 29.8 Å². The predicted octanol–water partition coefficient (Wildman–Crippen LogP) is 5.33. The molecule has 0 aliphatic heterocycles. The first-order valence-corrected chi connectivity index (χ1v) is 8.27. The van der Waals surface area contributed by atoms with Gasteiger partial charge in [0.05, 0.1) is 20.7 Å². The van der Waals surface area contributed by atoms with E-state index in [9.17, 15) is 19.3 Å². The van der Waals surface area contributed by atoms with Gasteiger partial charge in [-0.2, -0.15) is 0 Å². The molecule has 0 unspecified atom stereocenters. The Morgan fingerprint density at radius 1 is 1.19 bits per heavy atom. The van der Waals surface area contributed by atoms with Gasteiger partial charge in [-0.3, -0.25) is 14.9 Å². The minimum Gasteiger partial charge on any atom is -0.481 e. The molecular weight excluding hydrogens is 410 g/mol. The third-order valence-corrected chi connectivity index (χ3v) is 4.98. The third kappa shape index (κ3) is 4.17. The number of nitrogens with zero attached hydrogens (tertiary/aromatic N) is 1. The maximum Gasteiger partial charge on any atom is 0.271 e. The van der Waals surface area contributed by atoms with Gasteiger partial charge in [0.25, 0.3) is 11.6 Å². The van der Waals surface area contributed by atoms with Crippen LogP contribution in [0.3, 0.4) is 0 Å². The highest BCUT2D eigenvalue weighted by atomic mass is 35.5. The fourth-order valence-corrected chi connectivity index (χ4v) is 2.91. The van der Waals surface area contributed by atoms with Crippen LogP contribution in [0.25, 0.3) is 0 Å². The highest BCUT2D eigenvalue weighted by Gasteiger charge is 2.19. The Morgan fingerprint density at radius 3 is 2.31 bits per heavy atom. The van der Waals surface area contributed by atoms with Gasteiger partial charge >= 0.3 is 0 Å². The zero-order valence-corrected chi connectivity index (χ0v) is 15.8. The van der Waals surface area contributed by atoms with Crippen molar-refractivity contribution >= 4 is 52.1 Å². The summed E-state index contributed by atoms with van der Waals surface area (Å²) in [5, 5.41) is 13.6. The first kappa shape index (κ1) is 20.2. The standard InChI is InChI=1S/C16H12Cl3FN2O4/c1-7-13(17)8(2)15(19)16(14(7)18)26-6-12(23)21-11-5-9(22(24)25)3-4-10(11)20/h3-5H,6H2,1-2H3,(H,21,23). The molecule has 0 bridgehead atoms. The van der Waals surface area contributed by atoms with Crippen LogP contribution in [0.5, 0.6) is 5.75 Å². The summed E-state index contributed by atoms with van der Waals surface area (Å²) in [7, 11) is 0. The Morgan fingerprint density at radius 2 is 1.77 bits per heavy atom. The molecule has 0 fully saturated rings. The van der Waals surface area contributed by atoms with Crippen LogP contribution < -0.4 is 10.1 Å². The highest BCUT2D eigenvalue weighted by Crippen LogP contribution is 2.42. The van der Waals surface area contributed by atoms with Crippen LogP contribution in [0.1, 0.15) is 11.1 Å². The van der Waals surface area contributed by atoms with E-state index in [0.717, 1.165) is 18.2 Å². The number of carbonyl (C=O) groups is 1. The summed E-state index contributed by atoms with van der Waals surface area (Å²) in [5.41, 5.74) is 0.372. The van der Waals surface area contributed by atoms with E-state index in [0.29, 0.717) is 16.1 Å². The summed E-state index contributed by atoms with van der Waals surface area (Å²) >= 11 is 18.4. The molecule has 2 aromatic carbocycles. The van der Waals surface area contributed by atoms with Gasteiger partial charge in [-0.15, -0.1) is 0 Å². The van der Waals surface area contributed by atoms with Crippen LogP contribution in [-0.2, 0) is 4.79 Å². The van der Waals surface area contributed by atoms with Crippen molar-refractivity contribution in [2.75, 3.05) is 11.9 Å². The number of halogens is 4. The Balaban J connectivity index is 2.16. The number of carbonyl (C=O) groups excluding carboxylic acids is 1. The molecule has 0 saturated heterocycles. The summed E-state index contributed by atoms with van der Waals surface area (Å²) in [6.07, 6.45) is 0. The van der Waals surface area contributed by atoms with Gasteiger partial charge in [0.1, 0.15) is 5.82 Å². The molecule has 26 heavy (non-hydrogen) atoms. The van der Waals surface area contributed by atoms with E-state index >= 15 is 0 Å². The summed E-state index contributed by atoms with van der Waals surface area (Å²) < 4.78 is 19.0. The maximum absolute atomic E-state index is 13.7. The van der Waals surface area contributed by atoms with Crippen LogP contribution in [0.15, 0.2) is 18.2 Å². The van der Waals surface area contributed by atoms with E-state index in [1.54, 1.807) is 13.8 Å². The third-order valence-electron chi connectivity index (χ3n) is 3.50. The van der Waals surface area contributed by atoms with Crippen molar-refractivity contribution in [3.05, 3.63) is 60.3 Å². The molecule has 1 N–H and O–H groups in total. The van der Waals surface area contributed by atoms with Gasteiger partial charge in [-0.25, -0.2) is 4.39 Å². The monoisotopic (exact) mass is 420 g/mol. The zero-order chi connectivity index (χ0) is 19.6.